The molecule has 0 radical (unpaired) electrons. The summed E-state index contributed by atoms with van der Waals surface area (Å²) in [6.45, 7) is 7.75. The molecule has 3 N–H and O–H groups in total. The number of hydrogen-bond acceptors (Lipinski definition) is 10. The lowest BCUT2D eigenvalue weighted by Crippen LogP contribution is -2.42. The summed E-state index contributed by atoms with van der Waals surface area (Å²) in [5, 5.41) is 4.43. The molecule has 202 valence electrons. The van der Waals surface area contributed by atoms with E-state index < -0.39 is 15.4 Å². The van der Waals surface area contributed by atoms with Gasteiger partial charge in [0.05, 0.1) is 21.9 Å². The molecule has 0 aromatic carbocycles. The molecule has 38 heavy (non-hydrogen) atoms. The summed E-state index contributed by atoms with van der Waals surface area (Å²) < 4.78 is 35.2. The molecule has 3 aromatic heterocycles. The minimum atomic E-state index is -3.08. The molecule has 2 atom stereocenters. The van der Waals surface area contributed by atoms with Crippen LogP contribution in [0, 0.1) is 0 Å². The largest absolute Gasteiger partial charge is 0.474 e. The number of ether oxygens (including phenoxy) is 2. The van der Waals surface area contributed by atoms with Gasteiger partial charge in [0.1, 0.15) is 23.3 Å². The first-order chi connectivity index (χ1) is 17.9. The van der Waals surface area contributed by atoms with Crippen LogP contribution in [-0.4, -0.2) is 52.5 Å². The van der Waals surface area contributed by atoms with E-state index >= 15 is 0 Å². The Bertz CT molecular complexity index is 1520. The lowest BCUT2D eigenvalue weighted by atomic mass is 9.84. The van der Waals surface area contributed by atoms with Gasteiger partial charge in [-0.3, -0.25) is 0 Å². The van der Waals surface area contributed by atoms with E-state index in [1.807, 2.05) is 33.8 Å². The molecule has 3 aromatic rings. The van der Waals surface area contributed by atoms with Crippen LogP contribution in [0.5, 0.6) is 5.88 Å². The maximum absolute atomic E-state index is 12.4. The van der Waals surface area contributed by atoms with Gasteiger partial charge in [0.25, 0.3) is 0 Å². The van der Waals surface area contributed by atoms with E-state index in [-0.39, 0.29) is 29.3 Å². The highest BCUT2D eigenvalue weighted by Crippen LogP contribution is 2.39. The highest BCUT2D eigenvalue weighted by molar-refractivity contribution is 7.91. The Kier molecular flexibility index (Phi) is 6.55. The number of hydrogen-bond donors (Lipinski definition) is 2. The summed E-state index contributed by atoms with van der Waals surface area (Å²) in [6, 6.07) is 5.10. The Balaban J connectivity index is 1.46. The number of sulfone groups is 1. The van der Waals surface area contributed by atoms with Crippen molar-refractivity contribution in [1.82, 2.24) is 15.0 Å². The molecule has 4 heterocycles. The second-order valence-electron chi connectivity index (χ2n) is 10.8. The molecule has 1 aliphatic carbocycles. The first-order valence-electron chi connectivity index (χ1n) is 12.8. The first-order valence-corrected chi connectivity index (χ1v) is 14.7. The second-order valence-corrected chi connectivity index (χ2v) is 13.1. The van der Waals surface area contributed by atoms with E-state index in [1.54, 1.807) is 24.5 Å². The molecule has 11 heteroatoms. The molecule has 5 rings (SSSR count). The van der Waals surface area contributed by atoms with Crippen molar-refractivity contribution in [3.8, 4) is 5.88 Å². The average molecular weight is 540 g/mol. The number of fused-ring (bicyclic) bond motifs is 2. The van der Waals surface area contributed by atoms with Crippen molar-refractivity contribution in [2.24, 2.45) is 5.73 Å². The van der Waals surface area contributed by atoms with Gasteiger partial charge in [-0.1, -0.05) is 13.8 Å². The maximum atomic E-state index is 12.4. The lowest BCUT2D eigenvalue weighted by Gasteiger charge is -2.36. The van der Waals surface area contributed by atoms with Gasteiger partial charge in [-0.2, -0.15) is 0 Å². The minimum absolute atomic E-state index is 0.0877. The van der Waals surface area contributed by atoms with Gasteiger partial charge < -0.3 is 20.5 Å². The van der Waals surface area contributed by atoms with Gasteiger partial charge in [-0.05, 0) is 49.4 Å². The van der Waals surface area contributed by atoms with Crippen LogP contribution < -0.4 is 15.8 Å². The van der Waals surface area contributed by atoms with Crippen LogP contribution in [-0.2, 0) is 14.6 Å². The predicted octanol–water partition coefficient (Wildman–Crippen LogP) is 4.19. The number of nitrogens with one attached hydrogen (secondary N) is 1. The van der Waals surface area contributed by atoms with Crippen LogP contribution >= 0.6 is 0 Å². The third-order valence-electron chi connectivity index (χ3n) is 7.75. The third-order valence-corrected chi connectivity index (χ3v) is 9.35. The number of aromatic nitrogens is 3. The summed E-state index contributed by atoms with van der Waals surface area (Å²) >= 11 is 0. The molecule has 0 bridgehead atoms. The fourth-order valence-electron chi connectivity index (χ4n) is 4.82. The monoisotopic (exact) mass is 539 g/mol. The average Bonchev–Trinajstić information content (AvgIpc) is 2.82. The van der Waals surface area contributed by atoms with Gasteiger partial charge in [0, 0.05) is 43.5 Å². The Labute approximate surface area is 222 Å². The van der Waals surface area contributed by atoms with E-state index in [0.29, 0.717) is 47.0 Å². The summed E-state index contributed by atoms with van der Waals surface area (Å²) in [5.41, 5.74) is 7.75. The summed E-state index contributed by atoms with van der Waals surface area (Å²) in [5.74, 6) is 1.05. The van der Waals surface area contributed by atoms with Gasteiger partial charge in [0.15, 0.2) is 9.84 Å². The SMILES string of the molecule is CC[C@@H](N)c1cnc(OC2CC(S(C)(=O)=O)C2)c2cnc(Nc3ccc4c(n3)[C@@H](C)C(C)(C)OC4=O)cc12. The quantitative estimate of drug-likeness (QED) is 0.419. The zero-order valence-corrected chi connectivity index (χ0v) is 23.0. The van der Waals surface area contributed by atoms with Crippen LogP contribution in [0.2, 0.25) is 0 Å². The summed E-state index contributed by atoms with van der Waals surface area (Å²) in [7, 11) is -3.08. The van der Waals surface area contributed by atoms with E-state index in [9.17, 15) is 13.2 Å². The van der Waals surface area contributed by atoms with Gasteiger partial charge in [-0.25, -0.2) is 28.2 Å². The highest BCUT2D eigenvalue weighted by Gasteiger charge is 2.40. The molecular formula is C27H33N5O5S. The third kappa shape index (κ3) is 4.80. The van der Waals surface area contributed by atoms with Crippen molar-refractivity contribution in [3.63, 3.8) is 0 Å². The van der Waals surface area contributed by atoms with Crippen LogP contribution in [0.1, 0.15) is 80.5 Å². The number of anilines is 2. The molecule has 2 aliphatic rings. The topological polar surface area (TPSA) is 146 Å². The van der Waals surface area contributed by atoms with Gasteiger partial charge >= 0.3 is 5.97 Å². The van der Waals surface area contributed by atoms with E-state index in [2.05, 4.69) is 15.3 Å². The van der Waals surface area contributed by atoms with Crippen LogP contribution in [0.25, 0.3) is 10.8 Å². The van der Waals surface area contributed by atoms with Crippen molar-refractivity contribution < 1.29 is 22.7 Å². The van der Waals surface area contributed by atoms with Crippen molar-refractivity contribution in [3.05, 3.63) is 47.4 Å². The Hall–Kier alpha value is -3.31. The maximum Gasteiger partial charge on any atom is 0.340 e. The van der Waals surface area contributed by atoms with E-state index in [1.165, 1.54) is 6.26 Å². The van der Waals surface area contributed by atoms with E-state index in [4.69, 9.17) is 20.2 Å². The first kappa shape index (κ1) is 26.3. The molecule has 0 unspecified atom stereocenters. The van der Waals surface area contributed by atoms with Gasteiger partial charge in [0.2, 0.25) is 5.88 Å². The predicted molar refractivity (Wildman–Crippen MR) is 144 cm³/mol. The highest BCUT2D eigenvalue weighted by atomic mass is 32.2. The second kappa shape index (κ2) is 9.46. The van der Waals surface area contributed by atoms with Crippen molar-refractivity contribution in [1.29, 1.82) is 0 Å². The fourth-order valence-corrected chi connectivity index (χ4v) is 5.95. The normalized spacial score (nSPS) is 23.2. The molecule has 1 aliphatic heterocycles. The minimum Gasteiger partial charge on any atom is -0.474 e. The number of carbonyl (C=O) groups is 1. The van der Waals surface area contributed by atoms with Crippen molar-refractivity contribution in [2.75, 3.05) is 11.6 Å². The molecule has 1 saturated carbocycles. The number of carbonyl (C=O) groups excluding carboxylic acids is 1. The number of cyclic esters (lactones) is 1. The summed E-state index contributed by atoms with van der Waals surface area (Å²) in [4.78, 5) is 26.2. The van der Waals surface area contributed by atoms with Crippen molar-refractivity contribution >= 4 is 38.2 Å². The summed E-state index contributed by atoms with van der Waals surface area (Å²) in [6.07, 6.45) is 6.04. The number of esters is 1. The van der Waals surface area contributed by atoms with Crippen LogP contribution in [0.4, 0.5) is 11.6 Å². The van der Waals surface area contributed by atoms with Gasteiger partial charge in [-0.15, -0.1) is 0 Å². The number of nitrogens with zero attached hydrogens (tertiary/aromatic N) is 3. The Morgan fingerprint density at radius 1 is 1.18 bits per heavy atom. The Morgan fingerprint density at radius 2 is 1.92 bits per heavy atom. The number of nitrogens with two attached hydrogens (primary N) is 1. The number of rotatable bonds is 7. The van der Waals surface area contributed by atoms with Crippen LogP contribution in [0.3, 0.4) is 0 Å². The Morgan fingerprint density at radius 3 is 2.61 bits per heavy atom. The molecular weight excluding hydrogens is 506 g/mol. The fraction of sp³-hybridized carbons (Fsp3) is 0.481. The zero-order chi connectivity index (χ0) is 27.4. The molecule has 0 saturated heterocycles. The molecule has 0 spiro atoms. The zero-order valence-electron chi connectivity index (χ0n) is 22.2. The molecule has 1 fully saturated rings. The molecule has 10 nitrogen and oxygen atoms in total. The lowest BCUT2D eigenvalue weighted by molar-refractivity contribution is -0.0189. The van der Waals surface area contributed by atoms with Crippen molar-refractivity contribution in [2.45, 2.75) is 75.9 Å². The number of pyridine rings is 3. The smallest absolute Gasteiger partial charge is 0.340 e. The van der Waals surface area contributed by atoms with Crippen LogP contribution in [0.15, 0.2) is 30.6 Å². The van der Waals surface area contributed by atoms with E-state index in [0.717, 1.165) is 17.4 Å². The molecule has 0 amide bonds. The standard InChI is InChI=1S/C27H33N5O5S/c1-6-21(28)19-12-30-25(36-15-9-16(10-15)38(5,34)35)20-13-29-23(11-18(19)20)31-22-8-7-17-24(32-22)14(2)27(3,4)37-26(17)33/h7-8,11-16,21H,6,9-10,28H2,1-5H3,(H,29,31,32)/t14-,15?,16?,21-/m1/s1.